The Labute approximate surface area is 201 Å². The molecule has 0 radical (unpaired) electrons. The summed E-state index contributed by atoms with van der Waals surface area (Å²) in [6, 6.07) is 3.61. The van der Waals surface area contributed by atoms with Crippen LogP contribution < -0.4 is 10.2 Å². The molecule has 0 saturated carbocycles. The fourth-order valence-electron chi connectivity index (χ4n) is 4.02. The van der Waals surface area contributed by atoms with Crippen LogP contribution in [0.1, 0.15) is 94.3 Å². The quantitative estimate of drug-likeness (QED) is 0.160. The Kier molecular flexibility index (Phi) is 11.5. The summed E-state index contributed by atoms with van der Waals surface area (Å²) >= 11 is 0. The zero-order valence-electron chi connectivity index (χ0n) is 20.4. The van der Waals surface area contributed by atoms with E-state index in [4.69, 9.17) is 9.47 Å². The Morgan fingerprint density at radius 2 is 1.32 bits per heavy atom. The highest BCUT2D eigenvalue weighted by Gasteiger charge is 2.19. The molecule has 2 rings (SSSR count). The Hall–Kier alpha value is -2.96. The smallest absolute Gasteiger partial charge is 0.338 e. The summed E-state index contributed by atoms with van der Waals surface area (Å²) in [5.41, 5.74) is -0.923. The molecule has 188 valence electrons. The van der Waals surface area contributed by atoms with Gasteiger partial charge in [0.1, 0.15) is 0 Å². The van der Waals surface area contributed by atoms with E-state index in [1.165, 1.54) is 77.0 Å². The molecule has 0 aliphatic rings. The number of ether oxygens (including phenoxy) is 2. The number of phenols is 2. The van der Waals surface area contributed by atoms with Crippen LogP contribution >= 0.6 is 0 Å². The van der Waals surface area contributed by atoms with Crippen LogP contribution in [0.3, 0.4) is 0 Å². The van der Waals surface area contributed by atoms with Gasteiger partial charge in [0.15, 0.2) is 17.2 Å². The van der Waals surface area contributed by atoms with Crippen molar-refractivity contribution in [2.45, 2.75) is 84.0 Å². The molecule has 0 atom stereocenters. The van der Waals surface area contributed by atoms with Crippen molar-refractivity contribution in [3.05, 3.63) is 34.0 Å². The lowest BCUT2D eigenvalue weighted by Crippen LogP contribution is -2.08. The topological polar surface area (TPSA) is 113 Å². The lowest BCUT2D eigenvalue weighted by atomic mass is 10.1. The van der Waals surface area contributed by atoms with Crippen LogP contribution in [0, 0.1) is 0 Å². The average Bonchev–Trinajstić information content (AvgIpc) is 2.95. The van der Waals surface area contributed by atoms with Gasteiger partial charge in [-0.25, -0.2) is 4.79 Å². The number of unbranched alkanes of at least 4 members (excludes halogenated alkanes) is 11. The van der Waals surface area contributed by atoms with Crippen molar-refractivity contribution in [2.24, 2.45) is 0 Å². The SMILES string of the molecule is CCCCCCCCCCCCCCOC(=O)c1cc(=O)c(O)c2c(O)c(O)c(OC)cc2c1. The summed E-state index contributed by atoms with van der Waals surface area (Å²) in [7, 11) is 1.30. The summed E-state index contributed by atoms with van der Waals surface area (Å²) in [6.07, 6.45) is 14.5. The van der Waals surface area contributed by atoms with Gasteiger partial charge < -0.3 is 24.8 Å². The number of hydrogen-bond donors (Lipinski definition) is 3. The van der Waals surface area contributed by atoms with Crippen molar-refractivity contribution in [3.63, 3.8) is 0 Å². The highest BCUT2D eigenvalue weighted by atomic mass is 16.5. The Morgan fingerprint density at radius 3 is 1.88 bits per heavy atom. The van der Waals surface area contributed by atoms with E-state index < -0.39 is 28.6 Å². The first-order valence-electron chi connectivity index (χ1n) is 12.4. The lowest BCUT2D eigenvalue weighted by molar-refractivity contribution is 0.0498. The molecule has 3 N–H and O–H groups in total. The van der Waals surface area contributed by atoms with Crippen LogP contribution in [0.25, 0.3) is 10.8 Å². The van der Waals surface area contributed by atoms with Gasteiger partial charge in [0.2, 0.25) is 11.2 Å². The molecule has 7 nitrogen and oxygen atoms in total. The normalized spacial score (nSPS) is 11.0. The number of phenolic OH excluding ortho intramolecular Hbond substituents is 2. The third-order valence-corrected chi connectivity index (χ3v) is 6.02. The second-order valence-electron chi connectivity index (χ2n) is 8.72. The van der Waals surface area contributed by atoms with Crippen LogP contribution in [0.4, 0.5) is 0 Å². The van der Waals surface area contributed by atoms with Crippen molar-refractivity contribution in [1.29, 1.82) is 0 Å². The first-order chi connectivity index (χ1) is 16.4. The van der Waals surface area contributed by atoms with Crippen molar-refractivity contribution >= 4 is 16.7 Å². The van der Waals surface area contributed by atoms with E-state index in [0.29, 0.717) is 0 Å². The number of esters is 1. The first kappa shape index (κ1) is 27.3. The highest BCUT2D eigenvalue weighted by molar-refractivity contribution is 6.00. The summed E-state index contributed by atoms with van der Waals surface area (Å²) < 4.78 is 10.3. The van der Waals surface area contributed by atoms with Gasteiger partial charge in [-0.1, -0.05) is 77.6 Å². The Balaban J connectivity index is 1.83. The largest absolute Gasteiger partial charge is 0.504 e. The molecular weight excluding hydrogens is 436 g/mol. The third kappa shape index (κ3) is 7.82. The standard InChI is InChI=1S/C27H38O7/c1-3-4-5-6-7-8-9-10-11-12-13-14-15-34-27(32)20-16-19-18-22(33-2)25(30)26(31)23(19)24(29)21(28)17-20/h16-18,30-31H,3-15H2,1-2H3,(H,28,29). The second-order valence-corrected chi connectivity index (χ2v) is 8.72. The average molecular weight is 475 g/mol. The third-order valence-electron chi connectivity index (χ3n) is 6.02. The van der Waals surface area contributed by atoms with E-state index in [-0.39, 0.29) is 28.7 Å². The number of rotatable bonds is 15. The number of aromatic hydroxyl groups is 3. The maximum absolute atomic E-state index is 12.5. The second kappa shape index (κ2) is 14.3. The van der Waals surface area contributed by atoms with Crippen molar-refractivity contribution in [2.75, 3.05) is 13.7 Å². The van der Waals surface area contributed by atoms with Crippen LogP contribution in [0.2, 0.25) is 0 Å². The number of benzene rings is 1. The monoisotopic (exact) mass is 474 g/mol. The molecular formula is C27H38O7. The minimum absolute atomic E-state index is 0.0543. The van der Waals surface area contributed by atoms with Gasteiger partial charge in [-0.2, -0.15) is 0 Å². The van der Waals surface area contributed by atoms with E-state index in [0.717, 1.165) is 25.3 Å². The van der Waals surface area contributed by atoms with Gasteiger partial charge in [0.25, 0.3) is 0 Å². The molecule has 0 saturated heterocycles. The number of fused-ring (bicyclic) bond motifs is 1. The van der Waals surface area contributed by atoms with Crippen LogP contribution in [-0.4, -0.2) is 35.0 Å². The zero-order chi connectivity index (χ0) is 24.9. The van der Waals surface area contributed by atoms with Crippen molar-refractivity contribution in [1.82, 2.24) is 0 Å². The van der Waals surface area contributed by atoms with Crippen LogP contribution in [0.15, 0.2) is 23.0 Å². The molecule has 0 spiro atoms. The van der Waals surface area contributed by atoms with E-state index in [1.54, 1.807) is 0 Å². The number of methoxy groups -OCH3 is 1. The van der Waals surface area contributed by atoms with Gasteiger partial charge in [0.05, 0.1) is 24.7 Å². The minimum atomic E-state index is -0.868. The number of carbonyl (C=O) groups excluding carboxylic acids is 1. The maximum atomic E-state index is 12.5. The Morgan fingerprint density at radius 1 is 0.765 bits per heavy atom. The molecule has 0 unspecified atom stereocenters. The first-order valence-corrected chi connectivity index (χ1v) is 12.4. The molecule has 0 aliphatic heterocycles. The molecule has 0 aliphatic carbocycles. The number of hydrogen-bond acceptors (Lipinski definition) is 7. The molecule has 0 amide bonds. The number of carbonyl (C=O) groups is 1. The molecule has 0 bridgehead atoms. The van der Waals surface area contributed by atoms with Gasteiger partial charge >= 0.3 is 5.97 Å². The van der Waals surface area contributed by atoms with Gasteiger partial charge in [-0.05, 0) is 23.9 Å². The van der Waals surface area contributed by atoms with Crippen LogP contribution in [-0.2, 0) is 4.74 Å². The lowest BCUT2D eigenvalue weighted by Gasteiger charge is -2.08. The summed E-state index contributed by atoms with van der Waals surface area (Å²) in [5, 5.41) is 30.3. The maximum Gasteiger partial charge on any atom is 0.338 e. The van der Waals surface area contributed by atoms with E-state index in [1.807, 2.05) is 0 Å². The predicted octanol–water partition coefficient (Wildman–Crippen LogP) is 6.18. The fourth-order valence-corrected chi connectivity index (χ4v) is 4.02. The van der Waals surface area contributed by atoms with Crippen molar-refractivity contribution < 1.29 is 29.6 Å². The van der Waals surface area contributed by atoms with E-state index >= 15 is 0 Å². The fraction of sp³-hybridized carbons (Fsp3) is 0.556. The molecule has 0 aromatic heterocycles. The molecule has 2 aromatic rings. The van der Waals surface area contributed by atoms with Gasteiger partial charge in [0, 0.05) is 6.07 Å². The van der Waals surface area contributed by atoms with Crippen molar-refractivity contribution in [3.8, 4) is 23.0 Å². The molecule has 2 aromatic carbocycles. The van der Waals surface area contributed by atoms with E-state index in [9.17, 15) is 24.9 Å². The summed E-state index contributed by atoms with van der Waals surface area (Å²) in [6.45, 7) is 2.47. The molecule has 0 heterocycles. The highest BCUT2D eigenvalue weighted by Crippen LogP contribution is 2.43. The molecule has 34 heavy (non-hydrogen) atoms. The molecule has 7 heteroatoms. The van der Waals surface area contributed by atoms with Gasteiger partial charge in [-0.15, -0.1) is 0 Å². The predicted molar refractivity (Wildman–Crippen MR) is 133 cm³/mol. The Bertz CT molecular complexity index is 1000. The van der Waals surface area contributed by atoms with E-state index in [2.05, 4.69) is 6.92 Å². The molecule has 0 fully saturated rings. The zero-order valence-corrected chi connectivity index (χ0v) is 20.4. The van der Waals surface area contributed by atoms with Gasteiger partial charge in [-0.3, -0.25) is 4.79 Å². The summed E-state index contributed by atoms with van der Waals surface area (Å²) in [4.78, 5) is 24.8. The van der Waals surface area contributed by atoms with Crippen LogP contribution in [0.5, 0.6) is 23.0 Å². The summed E-state index contributed by atoms with van der Waals surface area (Å²) in [5.74, 6) is -2.82. The minimum Gasteiger partial charge on any atom is -0.504 e.